The van der Waals surface area contributed by atoms with E-state index < -0.39 is 0 Å². The van der Waals surface area contributed by atoms with Gasteiger partial charge in [-0.15, -0.1) is 10.2 Å². The van der Waals surface area contributed by atoms with Crippen LogP contribution in [0.5, 0.6) is 0 Å². The largest absolute Gasteiger partial charge is 0.368 e. The van der Waals surface area contributed by atoms with Gasteiger partial charge in [-0.25, -0.2) is 0 Å². The Kier molecular flexibility index (Phi) is 4.55. The molecule has 2 aromatic rings. The number of fused-ring (bicyclic) bond motifs is 1. The lowest BCUT2D eigenvalue weighted by Gasteiger charge is -2.36. The Balaban J connectivity index is 1.47. The molecular formula is C18H26N6O. The van der Waals surface area contributed by atoms with Gasteiger partial charge >= 0.3 is 0 Å². The number of likely N-dealkylation sites (tertiary alicyclic amines) is 1. The average molecular weight is 342 g/mol. The van der Waals surface area contributed by atoms with Crippen molar-refractivity contribution in [2.75, 3.05) is 31.1 Å². The number of hydrogen-bond donors (Lipinski definition) is 0. The maximum absolute atomic E-state index is 12.7. The highest BCUT2D eigenvalue weighted by Gasteiger charge is 2.30. The third-order valence-corrected chi connectivity index (χ3v) is 5.51. The Morgan fingerprint density at radius 3 is 2.64 bits per heavy atom. The van der Waals surface area contributed by atoms with E-state index in [-0.39, 0.29) is 5.92 Å². The maximum Gasteiger partial charge on any atom is 0.225 e. The lowest BCUT2D eigenvalue weighted by molar-refractivity contribution is -0.137. The quantitative estimate of drug-likeness (QED) is 0.852. The number of piperidine rings is 2. The summed E-state index contributed by atoms with van der Waals surface area (Å²) in [6.45, 7) is 5.78. The molecule has 4 heterocycles. The first-order chi connectivity index (χ1) is 12.3. The van der Waals surface area contributed by atoms with Crippen molar-refractivity contribution in [2.24, 2.45) is 5.92 Å². The molecule has 0 radical (unpaired) electrons. The number of aryl methyl sites for hydroxylation is 1. The molecule has 7 nitrogen and oxygen atoms in total. The van der Waals surface area contributed by atoms with Gasteiger partial charge in [0.15, 0.2) is 0 Å². The first-order valence-corrected chi connectivity index (χ1v) is 9.50. The lowest BCUT2D eigenvalue weighted by Crippen LogP contribution is -2.44. The van der Waals surface area contributed by atoms with Crippen molar-refractivity contribution in [2.45, 2.75) is 45.4 Å². The van der Waals surface area contributed by atoms with Crippen molar-refractivity contribution in [1.82, 2.24) is 24.7 Å². The number of carbonyl (C=O) groups excluding carboxylic acids is 1. The van der Waals surface area contributed by atoms with Crippen molar-refractivity contribution >= 4 is 17.2 Å². The van der Waals surface area contributed by atoms with Crippen molar-refractivity contribution in [3.8, 4) is 0 Å². The van der Waals surface area contributed by atoms with E-state index in [9.17, 15) is 4.79 Å². The topological polar surface area (TPSA) is 66.6 Å². The number of amides is 1. The number of nitrogens with zero attached hydrogens (tertiary/aromatic N) is 6. The minimum absolute atomic E-state index is 0.177. The summed E-state index contributed by atoms with van der Waals surface area (Å²) < 4.78 is 1.76. The van der Waals surface area contributed by atoms with Crippen molar-refractivity contribution in [1.29, 1.82) is 0 Å². The summed E-state index contributed by atoms with van der Waals surface area (Å²) >= 11 is 0. The summed E-state index contributed by atoms with van der Waals surface area (Å²) in [5.74, 6) is 0.548. The van der Waals surface area contributed by atoms with E-state index in [2.05, 4.69) is 38.1 Å². The van der Waals surface area contributed by atoms with E-state index in [0.29, 0.717) is 5.91 Å². The van der Waals surface area contributed by atoms with Gasteiger partial charge in [0.05, 0.1) is 11.4 Å². The van der Waals surface area contributed by atoms with Gasteiger partial charge in [-0.3, -0.25) is 4.79 Å². The van der Waals surface area contributed by atoms with E-state index >= 15 is 0 Å². The van der Waals surface area contributed by atoms with Crippen LogP contribution in [0.1, 0.15) is 44.7 Å². The molecule has 2 aromatic heterocycles. The first-order valence-electron chi connectivity index (χ1n) is 9.50. The maximum atomic E-state index is 12.7. The molecule has 0 bridgehead atoms. The summed E-state index contributed by atoms with van der Waals surface area (Å²) in [6, 6.07) is 2.12. The minimum atomic E-state index is 0.177. The van der Waals surface area contributed by atoms with Crippen molar-refractivity contribution < 1.29 is 4.79 Å². The monoisotopic (exact) mass is 342 g/mol. The summed E-state index contributed by atoms with van der Waals surface area (Å²) in [4.78, 5) is 17.2. The third-order valence-electron chi connectivity index (χ3n) is 5.51. The molecule has 7 heteroatoms. The summed E-state index contributed by atoms with van der Waals surface area (Å²) in [5, 5.41) is 12.7. The smallest absolute Gasteiger partial charge is 0.225 e. The van der Waals surface area contributed by atoms with E-state index in [1.165, 1.54) is 6.42 Å². The molecule has 4 rings (SSSR count). The molecule has 0 saturated carbocycles. The highest BCUT2D eigenvalue weighted by atomic mass is 16.2. The molecule has 0 aromatic carbocycles. The van der Waals surface area contributed by atoms with Crippen LogP contribution < -0.4 is 4.90 Å². The molecule has 2 aliphatic rings. The van der Waals surface area contributed by atoms with Crippen LogP contribution in [0, 0.1) is 5.92 Å². The van der Waals surface area contributed by atoms with E-state index in [1.807, 2.05) is 0 Å². The van der Waals surface area contributed by atoms with Gasteiger partial charge in [-0.2, -0.15) is 9.61 Å². The van der Waals surface area contributed by atoms with Gasteiger partial charge in [0.25, 0.3) is 0 Å². The SMILES string of the molecule is CCc1cc(N2CCC(C(=O)N3CCCCC3)CC2)c2nncn2n1. The van der Waals surface area contributed by atoms with E-state index in [4.69, 9.17) is 0 Å². The molecule has 0 unspecified atom stereocenters. The van der Waals surface area contributed by atoms with Crippen LogP contribution in [0.2, 0.25) is 0 Å². The van der Waals surface area contributed by atoms with Gasteiger partial charge in [0, 0.05) is 32.1 Å². The van der Waals surface area contributed by atoms with E-state index in [1.54, 1.807) is 10.8 Å². The number of aromatic nitrogens is 4. The molecule has 134 valence electrons. The van der Waals surface area contributed by atoms with E-state index in [0.717, 1.165) is 75.3 Å². The molecule has 2 saturated heterocycles. The highest BCUT2D eigenvalue weighted by molar-refractivity contribution is 5.79. The molecule has 1 amide bonds. The number of carbonyl (C=O) groups is 1. The fourth-order valence-electron chi connectivity index (χ4n) is 4.01. The van der Waals surface area contributed by atoms with Crippen LogP contribution in [0.4, 0.5) is 5.69 Å². The third kappa shape index (κ3) is 3.19. The van der Waals surface area contributed by atoms with Gasteiger partial charge < -0.3 is 9.80 Å². The standard InChI is InChI=1S/C18H26N6O/c1-2-15-12-16(17-20-19-13-24(17)21-15)22-10-6-14(7-11-22)18(25)23-8-4-3-5-9-23/h12-14H,2-11H2,1H3. The number of hydrogen-bond acceptors (Lipinski definition) is 5. The first kappa shape index (κ1) is 16.3. The van der Waals surface area contributed by atoms with Gasteiger partial charge in [0.2, 0.25) is 11.6 Å². The second-order valence-electron chi connectivity index (χ2n) is 7.12. The number of rotatable bonds is 3. The van der Waals surface area contributed by atoms with Gasteiger partial charge in [-0.05, 0) is 44.6 Å². The Bertz CT molecular complexity index is 743. The Morgan fingerprint density at radius 2 is 1.92 bits per heavy atom. The Labute approximate surface area is 148 Å². The van der Waals surface area contributed by atoms with Crippen LogP contribution in [-0.2, 0) is 11.2 Å². The molecule has 25 heavy (non-hydrogen) atoms. The van der Waals surface area contributed by atoms with Crippen LogP contribution in [0.25, 0.3) is 5.65 Å². The van der Waals surface area contributed by atoms with Crippen LogP contribution >= 0.6 is 0 Å². The zero-order valence-corrected chi connectivity index (χ0v) is 14.9. The Morgan fingerprint density at radius 1 is 1.16 bits per heavy atom. The van der Waals surface area contributed by atoms with Crippen molar-refractivity contribution in [3.63, 3.8) is 0 Å². The Hall–Kier alpha value is -2.18. The molecule has 0 atom stereocenters. The van der Waals surface area contributed by atoms with Gasteiger partial charge in [0.1, 0.15) is 6.33 Å². The second-order valence-corrected chi connectivity index (χ2v) is 7.12. The molecule has 0 spiro atoms. The van der Waals surface area contributed by atoms with Gasteiger partial charge in [-0.1, -0.05) is 6.92 Å². The number of anilines is 1. The fourth-order valence-corrected chi connectivity index (χ4v) is 4.01. The predicted octanol–water partition coefficient (Wildman–Crippen LogP) is 1.92. The lowest BCUT2D eigenvalue weighted by atomic mass is 9.94. The zero-order chi connectivity index (χ0) is 17.2. The molecule has 0 N–H and O–H groups in total. The summed E-state index contributed by atoms with van der Waals surface area (Å²) in [6.07, 6.45) is 7.95. The average Bonchev–Trinajstić information content (AvgIpc) is 3.16. The normalized spacial score (nSPS) is 19.6. The van der Waals surface area contributed by atoms with Crippen LogP contribution in [0.3, 0.4) is 0 Å². The molecular weight excluding hydrogens is 316 g/mol. The second kappa shape index (κ2) is 6.98. The highest BCUT2D eigenvalue weighted by Crippen LogP contribution is 2.28. The predicted molar refractivity (Wildman–Crippen MR) is 95.5 cm³/mol. The summed E-state index contributed by atoms with van der Waals surface area (Å²) in [5.41, 5.74) is 2.93. The zero-order valence-electron chi connectivity index (χ0n) is 14.9. The molecule has 2 aliphatic heterocycles. The van der Waals surface area contributed by atoms with Crippen molar-refractivity contribution in [3.05, 3.63) is 18.1 Å². The summed E-state index contributed by atoms with van der Waals surface area (Å²) in [7, 11) is 0. The fraction of sp³-hybridized carbons (Fsp3) is 0.667. The van der Waals surface area contributed by atoms with Crippen LogP contribution in [-0.4, -0.2) is 56.8 Å². The molecule has 2 fully saturated rings. The minimum Gasteiger partial charge on any atom is -0.368 e. The molecule has 0 aliphatic carbocycles. The van der Waals surface area contributed by atoms with Crippen LogP contribution in [0.15, 0.2) is 12.4 Å².